The van der Waals surface area contributed by atoms with Crippen molar-refractivity contribution in [2.45, 2.75) is 12.5 Å². The van der Waals surface area contributed by atoms with E-state index in [-0.39, 0.29) is 17.5 Å². The van der Waals surface area contributed by atoms with Crippen LogP contribution in [-0.2, 0) is 7.05 Å². The maximum atomic E-state index is 15.3. The van der Waals surface area contributed by atoms with E-state index >= 15 is 4.39 Å². The van der Waals surface area contributed by atoms with E-state index in [1.807, 2.05) is 29.9 Å². The largest absolute Gasteiger partial charge is 0.350 e. The van der Waals surface area contributed by atoms with Crippen LogP contribution in [0, 0.1) is 23.0 Å². The summed E-state index contributed by atoms with van der Waals surface area (Å²) in [7, 11) is 1.84. The summed E-state index contributed by atoms with van der Waals surface area (Å²) in [6.07, 6.45) is 2.59. The number of halogens is 2. The quantitative estimate of drug-likeness (QED) is 0.480. The molecule has 1 unspecified atom stereocenters. The zero-order chi connectivity index (χ0) is 24.0. The molecular weight excluding hydrogens is 434 g/mol. The Balaban J connectivity index is 1.69. The number of nitrogens with two attached hydrogens (primary N) is 1. The fourth-order valence-corrected chi connectivity index (χ4v) is 4.58. The van der Waals surface area contributed by atoms with E-state index in [9.17, 15) is 9.18 Å². The number of hydrogen-bond donors (Lipinski definition) is 1. The Morgan fingerprint density at radius 3 is 2.56 bits per heavy atom. The monoisotopic (exact) mass is 456 g/mol. The summed E-state index contributed by atoms with van der Waals surface area (Å²) >= 11 is 0. The summed E-state index contributed by atoms with van der Waals surface area (Å²) < 4.78 is 31.6. The number of nitriles is 1. The van der Waals surface area contributed by atoms with Crippen LogP contribution in [-0.4, -0.2) is 34.5 Å². The van der Waals surface area contributed by atoms with E-state index in [0.717, 1.165) is 17.3 Å². The molecule has 170 valence electrons. The lowest BCUT2D eigenvalue weighted by molar-refractivity contribution is 0.0791. The lowest BCUT2D eigenvalue weighted by atomic mass is 9.91. The molecule has 0 bridgehead atoms. The summed E-state index contributed by atoms with van der Waals surface area (Å²) in [5, 5.41) is 9.97. The first kappa shape index (κ1) is 21.8. The molecule has 1 aliphatic heterocycles. The number of amides is 1. The van der Waals surface area contributed by atoms with Gasteiger partial charge >= 0.3 is 0 Å². The van der Waals surface area contributed by atoms with Gasteiger partial charge in [0.1, 0.15) is 17.7 Å². The van der Waals surface area contributed by atoms with Gasteiger partial charge in [0.25, 0.3) is 5.91 Å². The number of rotatable bonds is 3. The summed E-state index contributed by atoms with van der Waals surface area (Å²) in [4.78, 5) is 14.8. The molecule has 7 heteroatoms. The maximum Gasteiger partial charge on any atom is 0.253 e. The Labute approximate surface area is 195 Å². The Kier molecular flexibility index (Phi) is 5.39. The number of carbonyl (C=O) groups is 1. The summed E-state index contributed by atoms with van der Waals surface area (Å²) in [6.45, 7) is 1.04. The Morgan fingerprint density at radius 1 is 1.03 bits per heavy atom. The van der Waals surface area contributed by atoms with Crippen LogP contribution in [0.1, 0.15) is 22.3 Å². The third-order valence-corrected chi connectivity index (χ3v) is 6.44. The standard InChI is InChI=1S/C27H22F2N4O/c1-32-8-6-17-10-23(25(29)13-26(17)32)21-5-4-18(27(34)33-9-7-20(31)15-33)11-22(21)16-2-3-19(14-30)24(28)12-16/h2-6,8,10-13,20H,7,9,15,31H2,1H3. The fraction of sp³-hybridized carbons (Fsp3) is 0.185. The van der Waals surface area contributed by atoms with Crippen molar-refractivity contribution in [2.75, 3.05) is 13.1 Å². The van der Waals surface area contributed by atoms with Gasteiger partial charge in [-0.25, -0.2) is 8.78 Å². The lowest BCUT2D eigenvalue weighted by Gasteiger charge is -2.18. The van der Waals surface area contributed by atoms with Crippen LogP contribution in [0.3, 0.4) is 0 Å². The van der Waals surface area contributed by atoms with Crippen LogP contribution in [0.2, 0.25) is 0 Å². The van der Waals surface area contributed by atoms with Gasteiger partial charge in [0.15, 0.2) is 0 Å². The highest BCUT2D eigenvalue weighted by molar-refractivity contribution is 5.99. The number of hydrogen-bond acceptors (Lipinski definition) is 3. The molecule has 0 spiro atoms. The van der Waals surface area contributed by atoms with Crippen LogP contribution in [0.5, 0.6) is 0 Å². The first-order valence-electron chi connectivity index (χ1n) is 11.0. The van der Waals surface area contributed by atoms with Crippen molar-refractivity contribution >= 4 is 16.8 Å². The minimum absolute atomic E-state index is 0.0537. The Bertz CT molecular complexity index is 1480. The molecule has 1 atom stereocenters. The summed E-state index contributed by atoms with van der Waals surface area (Å²) in [5.41, 5.74) is 8.89. The average molecular weight is 456 g/mol. The van der Waals surface area contributed by atoms with Crippen LogP contribution in [0.15, 0.2) is 60.8 Å². The second-order valence-corrected chi connectivity index (χ2v) is 8.68. The number of benzene rings is 3. The van der Waals surface area contributed by atoms with Crippen LogP contribution in [0.25, 0.3) is 33.2 Å². The number of aromatic nitrogens is 1. The highest BCUT2D eigenvalue weighted by Gasteiger charge is 2.25. The molecule has 2 N–H and O–H groups in total. The summed E-state index contributed by atoms with van der Waals surface area (Å²) in [6, 6.07) is 16.2. The first-order valence-corrected chi connectivity index (χ1v) is 11.0. The molecule has 0 radical (unpaired) electrons. The van der Waals surface area contributed by atoms with Crippen molar-refractivity contribution in [1.82, 2.24) is 9.47 Å². The van der Waals surface area contributed by atoms with Crippen LogP contribution >= 0.6 is 0 Å². The molecule has 2 heterocycles. The Morgan fingerprint density at radius 2 is 1.85 bits per heavy atom. The lowest BCUT2D eigenvalue weighted by Crippen LogP contribution is -2.31. The van der Waals surface area contributed by atoms with Gasteiger partial charge in [-0.1, -0.05) is 12.1 Å². The SMILES string of the molecule is Cn1ccc2cc(-c3ccc(C(=O)N4CCC(N)C4)cc3-c3ccc(C#N)c(F)c3)c(F)cc21. The summed E-state index contributed by atoms with van der Waals surface area (Å²) in [5.74, 6) is -1.27. The Hall–Kier alpha value is -4.02. The third-order valence-electron chi connectivity index (χ3n) is 6.44. The van der Waals surface area contributed by atoms with Crippen molar-refractivity contribution in [3.63, 3.8) is 0 Å². The topological polar surface area (TPSA) is 75.1 Å². The molecule has 4 aromatic rings. The van der Waals surface area contributed by atoms with E-state index < -0.39 is 11.6 Å². The predicted octanol–water partition coefficient (Wildman–Crippen LogP) is 4.84. The molecule has 1 fully saturated rings. The molecule has 1 aromatic heterocycles. The molecule has 1 saturated heterocycles. The van der Waals surface area contributed by atoms with Crippen molar-refractivity contribution in [1.29, 1.82) is 5.26 Å². The fourth-order valence-electron chi connectivity index (χ4n) is 4.58. The minimum Gasteiger partial charge on any atom is -0.350 e. The minimum atomic E-state index is -0.674. The molecular formula is C27H22F2N4O. The molecule has 34 heavy (non-hydrogen) atoms. The van der Waals surface area contributed by atoms with Crippen molar-refractivity contribution < 1.29 is 13.6 Å². The van der Waals surface area contributed by atoms with Gasteiger partial charge in [-0.3, -0.25) is 4.79 Å². The second-order valence-electron chi connectivity index (χ2n) is 8.68. The van der Waals surface area contributed by atoms with Gasteiger partial charge in [0, 0.05) is 48.9 Å². The van der Waals surface area contributed by atoms with Gasteiger partial charge in [-0.15, -0.1) is 0 Å². The van der Waals surface area contributed by atoms with E-state index in [4.69, 9.17) is 11.0 Å². The molecule has 1 aliphatic rings. The number of carbonyl (C=O) groups excluding carboxylic acids is 1. The van der Waals surface area contributed by atoms with Crippen LogP contribution in [0.4, 0.5) is 8.78 Å². The van der Waals surface area contributed by atoms with E-state index in [2.05, 4.69) is 0 Å². The molecule has 0 saturated carbocycles. The van der Waals surface area contributed by atoms with Crippen LogP contribution < -0.4 is 5.73 Å². The van der Waals surface area contributed by atoms with Crippen molar-refractivity contribution in [2.24, 2.45) is 12.8 Å². The normalized spacial score (nSPS) is 15.6. The highest BCUT2D eigenvalue weighted by atomic mass is 19.1. The number of aryl methyl sites for hydroxylation is 1. The smallest absolute Gasteiger partial charge is 0.253 e. The predicted molar refractivity (Wildman–Crippen MR) is 127 cm³/mol. The number of fused-ring (bicyclic) bond motifs is 1. The number of nitrogens with zero attached hydrogens (tertiary/aromatic N) is 3. The van der Waals surface area contributed by atoms with Gasteiger partial charge in [0.05, 0.1) is 11.1 Å². The maximum absolute atomic E-state index is 15.3. The number of likely N-dealkylation sites (tertiary alicyclic amines) is 1. The van der Waals surface area contributed by atoms with E-state index in [1.165, 1.54) is 18.2 Å². The van der Waals surface area contributed by atoms with Gasteiger partial charge in [0.2, 0.25) is 0 Å². The molecule has 3 aromatic carbocycles. The molecule has 1 amide bonds. The van der Waals surface area contributed by atoms with E-state index in [1.54, 1.807) is 35.2 Å². The van der Waals surface area contributed by atoms with Gasteiger partial charge in [-0.05, 0) is 65.6 Å². The van der Waals surface area contributed by atoms with E-state index in [0.29, 0.717) is 40.9 Å². The average Bonchev–Trinajstić information content (AvgIpc) is 3.43. The van der Waals surface area contributed by atoms with Gasteiger partial charge in [-0.2, -0.15) is 5.26 Å². The molecule has 0 aliphatic carbocycles. The van der Waals surface area contributed by atoms with Gasteiger partial charge < -0.3 is 15.2 Å². The zero-order valence-electron chi connectivity index (χ0n) is 18.6. The highest BCUT2D eigenvalue weighted by Crippen LogP contribution is 2.37. The van der Waals surface area contributed by atoms with Crippen molar-refractivity contribution in [3.05, 3.63) is 83.6 Å². The van der Waals surface area contributed by atoms with Crippen molar-refractivity contribution in [3.8, 4) is 28.3 Å². The second kappa shape index (κ2) is 8.40. The first-order chi connectivity index (χ1) is 16.4. The third kappa shape index (κ3) is 3.72. The molecule has 5 nitrogen and oxygen atoms in total. The zero-order valence-corrected chi connectivity index (χ0v) is 18.6. The molecule has 5 rings (SSSR count).